The first kappa shape index (κ1) is 23.0. The quantitative estimate of drug-likeness (QED) is 0.446. The number of sulfonamides is 1. The Morgan fingerprint density at radius 3 is 2.69 bits per heavy atom. The SMILES string of the molecule is Cn1cc(CN2C[C@H]3C[C@H](C2)c2ccc(NS(=O)(=O)c4cccc(F)c4)c(=O)n2C3)c2ccccc21. The molecule has 1 N–H and O–H groups in total. The number of anilines is 1. The van der Waals surface area contributed by atoms with Gasteiger partial charge in [-0.2, -0.15) is 0 Å². The number of aryl methyl sites for hydroxylation is 1. The fourth-order valence-corrected chi connectivity index (χ4v) is 6.97. The average Bonchev–Trinajstić information content (AvgIpc) is 3.16. The van der Waals surface area contributed by atoms with Crippen molar-refractivity contribution in [3.63, 3.8) is 0 Å². The second-order valence-electron chi connectivity index (χ2n) is 9.93. The first-order chi connectivity index (χ1) is 17.3. The molecule has 1 fully saturated rings. The van der Waals surface area contributed by atoms with E-state index < -0.39 is 15.8 Å². The van der Waals surface area contributed by atoms with E-state index in [2.05, 4.69) is 51.7 Å². The van der Waals surface area contributed by atoms with Crippen molar-refractivity contribution in [3.05, 3.63) is 94.3 Å². The van der Waals surface area contributed by atoms with Crippen molar-refractivity contribution in [1.82, 2.24) is 14.0 Å². The molecule has 2 aliphatic heterocycles. The third-order valence-corrected chi connectivity index (χ3v) is 8.77. The van der Waals surface area contributed by atoms with Crippen molar-refractivity contribution < 1.29 is 12.8 Å². The van der Waals surface area contributed by atoms with Crippen LogP contribution in [0.25, 0.3) is 10.9 Å². The molecule has 4 aromatic rings. The molecule has 2 aliphatic rings. The third kappa shape index (κ3) is 4.02. The van der Waals surface area contributed by atoms with Gasteiger partial charge in [-0.05, 0) is 54.3 Å². The van der Waals surface area contributed by atoms with Crippen LogP contribution in [-0.4, -0.2) is 35.5 Å². The van der Waals surface area contributed by atoms with Crippen LogP contribution in [0.2, 0.25) is 0 Å². The van der Waals surface area contributed by atoms with Crippen LogP contribution in [-0.2, 0) is 30.2 Å². The molecule has 36 heavy (non-hydrogen) atoms. The van der Waals surface area contributed by atoms with Gasteiger partial charge < -0.3 is 9.13 Å². The van der Waals surface area contributed by atoms with E-state index in [0.29, 0.717) is 12.5 Å². The minimum absolute atomic E-state index is 0.0180. The van der Waals surface area contributed by atoms with E-state index in [9.17, 15) is 17.6 Å². The number of hydrogen-bond acceptors (Lipinski definition) is 4. The molecule has 0 amide bonds. The summed E-state index contributed by atoms with van der Waals surface area (Å²) in [6.45, 7) is 3.12. The minimum atomic E-state index is -4.08. The molecule has 9 heteroatoms. The molecular formula is C27H27FN4O3S. The van der Waals surface area contributed by atoms with Crippen molar-refractivity contribution in [2.45, 2.75) is 30.3 Å². The highest BCUT2D eigenvalue weighted by Crippen LogP contribution is 2.36. The predicted octanol–water partition coefficient (Wildman–Crippen LogP) is 3.90. The highest BCUT2D eigenvalue weighted by atomic mass is 32.2. The smallest absolute Gasteiger partial charge is 0.275 e. The lowest BCUT2D eigenvalue weighted by Crippen LogP contribution is -2.47. The summed E-state index contributed by atoms with van der Waals surface area (Å²) < 4.78 is 45.3. The van der Waals surface area contributed by atoms with E-state index in [4.69, 9.17) is 0 Å². The first-order valence-electron chi connectivity index (χ1n) is 12.1. The molecule has 7 nitrogen and oxygen atoms in total. The fourth-order valence-electron chi connectivity index (χ4n) is 5.88. The number of benzene rings is 2. The molecule has 6 rings (SSSR count). The summed E-state index contributed by atoms with van der Waals surface area (Å²) in [7, 11) is -2.01. The normalized spacial score (nSPS) is 19.8. The third-order valence-electron chi connectivity index (χ3n) is 7.40. The van der Waals surface area contributed by atoms with Gasteiger partial charge in [0.15, 0.2) is 0 Å². The summed E-state index contributed by atoms with van der Waals surface area (Å²) in [6, 6.07) is 16.6. The number of hydrogen-bond donors (Lipinski definition) is 1. The molecule has 4 heterocycles. The predicted molar refractivity (Wildman–Crippen MR) is 137 cm³/mol. The lowest BCUT2D eigenvalue weighted by Gasteiger charge is -2.43. The molecule has 2 aromatic heterocycles. The van der Waals surface area contributed by atoms with Gasteiger partial charge in [-0.25, -0.2) is 12.8 Å². The maximum atomic E-state index is 13.6. The number of nitrogens with zero attached hydrogens (tertiary/aromatic N) is 3. The van der Waals surface area contributed by atoms with E-state index in [1.165, 1.54) is 40.7 Å². The van der Waals surface area contributed by atoms with E-state index in [0.717, 1.165) is 37.8 Å². The first-order valence-corrected chi connectivity index (χ1v) is 13.5. The van der Waals surface area contributed by atoms with E-state index in [-0.39, 0.29) is 22.1 Å². The minimum Gasteiger partial charge on any atom is -0.350 e. The van der Waals surface area contributed by atoms with E-state index in [1.54, 1.807) is 4.57 Å². The summed E-state index contributed by atoms with van der Waals surface area (Å²) >= 11 is 0. The Bertz CT molecular complexity index is 1640. The maximum Gasteiger partial charge on any atom is 0.275 e. The highest BCUT2D eigenvalue weighted by Gasteiger charge is 2.35. The number of fused-ring (bicyclic) bond motifs is 5. The molecule has 0 spiro atoms. The molecule has 0 radical (unpaired) electrons. The van der Waals surface area contributed by atoms with Crippen molar-refractivity contribution in [1.29, 1.82) is 0 Å². The standard InChI is InChI=1S/C27H27FN4O3S/c1-30-15-20(23-7-2-3-8-26(23)30)17-31-13-18-11-19(16-31)25-10-9-24(27(33)32(25)14-18)29-36(34,35)22-6-4-5-21(28)12-22/h2-10,12,15,18-19,29H,11,13-14,16-17H2,1H3/t18-,19-/m1/s1. The molecule has 0 saturated carbocycles. The van der Waals surface area contributed by atoms with E-state index >= 15 is 0 Å². The lowest BCUT2D eigenvalue weighted by molar-refractivity contribution is 0.115. The topological polar surface area (TPSA) is 76.3 Å². The highest BCUT2D eigenvalue weighted by molar-refractivity contribution is 7.92. The Balaban J connectivity index is 1.25. The van der Waals surface area contributed by atoms with Gasteiger partial charge in [-0.15, -0.1) is 0 Å². The van der Waals surface area contributed by atoms with Crippen LogP contribution < -0.4 is 10.3 Å². The van der Waals surface area contributed by atoms with Crippen LogP contribution in [0.5, 0.6) is 0 Å². The van der Waals surface area contributed by atoms with Gasteiger partial charge in [0.25, 0.3) is 15.6 Å². The second-order valence-corrected chi connectivity index (χ2v) is 11.6. The Labute approximate surface area is 208 Å². The fraction of sp³-hybridized carbons (Fsp3) is 0.296. The number of halogens is 1. The van der Waals surface area contributed by atoms with Crippen LogP contribution >= 0.6 is 0 Å². The Hall–Kier alpha value is -3.43. The number of nitrogens with one attached hydrogen (secondary N) is 1. The summed E-state index contributed by atoms with van der Waals surface area (Å²) in [5.74, 6) is -0.144. The zero-order valence-corrected chi connectivity index (χ0v) is 20.7. The number of para-hydroxylation sites is 1. The zero-order valence-electron chi connectivity index (χ0n) is 19.9. The van der Waals surface area contributed by atoms with Crippen LogP contribution in [0, 0.1) is 11.7 Å². The van der Waals surface area contributed by atoms with Crippen LogP contribution in [0.15, 0.2) is 76.6 Å². The van der Waals surface area contributed by atoms with Crippen molar-refractivity contribution in [2.24, 2.45) is 13.0 Å². The van der Waals surface area contributed by atoms with Crippen LogP contribution in [0.1, 0.15) is 23.6 Å². The largest absolute Gasteiger partial charge is 0.350 e. The van der Waals surface area contributed by atoms with Gasteiger partial charge >= 0.3 is 0 Å². The second kappa shape index (κ2) is 8.60. The van der Waals surface area contributed by atoms with Gasteiger partial charge in [0.1, 0.15) is 11.5 Å². The van der Waals surface area contributed by atoms with Gasteiger partial charge in [0.2, 0.25) is 0 Å². The number of rotatable bonds is 5. The number of piperidine rings is 1. The molecular weight excluding hydrogens is 479 g/mol. The van der Waals surface area contributed by atoms with Crippen LogP contribution in [0.3, 0.4) is 0 Å². The summed E-state index contributed by atoms with van der Waals surface area (Å²) in [5.41, 5.74) is 3.08. The summed E-state index contributed by atoms with van der Waals surface area (Å²) in [4.78, 5) is 15.5. The van der Waals surface area contributed by atoms with Crippen molar-refractivity contribution in [3.8, 4) is 0 Å². The van der Waals surface area contributed by atoms with Gasteiger partial charge in [0, 0.05) is 61.9 Å². The maximum absolute atomic E-state index is 13.6. The molecule has 2 bridgehead atoms. The van der Waals surface area contributed by atoms with Gasteiger partial charge in [0.05, 0.1) is 4.90 Å². The van der Waals surface area contributed by atoms with Crippen molar-refractivity contribution >= 4 is 26.6 Å². The summed E-state index contributed by atoms with van der Waals surface area (Å²) in [5, 5.41) is 1.27. The molecule has 1 saturated heterocycles. The number of likely N-dealkylation sites (tertiary alicyclic amines) is 1. The summed E-state index contributed by atoms with van der Waals surface area (Å²) in [6.07, 6.45) is 3.21. The Morgan fingerprint density at radius 2 is 1.86 bits per heavy atom. The molecule has 2 atom stereocenters. The van der Waals surface area contributed by atoms with Gasteiger partial charge in [-0.1, -0.05) is 24.3 Å². The lowest BCUT2D eigenvalue weighted by atomic mass is 9.83. The zero-order chi connectivity index (χ0) is 25.0. The number of aromatic nitrogens is 2. The molecule has 2 aromatic carbocycles. The van der Waals surface area contributed by atoms with Crippen LogP contribution in [0.4, 0.5) is 10.1 Å². The van der Waals surface area contributed by atoms with Gasteiger partial charge in [-0.3, -0.25) is 14.4 Å². The Kier molecular flexibility index (Phi) is 5.49. The molecule has 186 valence electrons. The number of pyridine rings is 1. The molecule has 0 aliphatic carbocycles. The monoisotopic (exact) mass is 506 g/mol. The average molecular weight is 507 g/mol. The van der Waals surface area contributed by atoms with Crippen molar-refractivity contribution in [2.75, 3.05) is 17.8 Å². The Morgan fingerprint density at radius 1 is 1.03 bits per heavy atom. The molecule has 0 unspecified atom stereocenters. The van der Waals surface area contributed by atoms with E-state index in [1.807, 2.05) is 6.07 Å².